The molecule has 0 saturated carbocycles. The summed E-state index contributed by atoms with van der Waals surface area (Å²) in [5.41, 5.74) is 1.70. The Hall–Kier alpha value is -1.64. The summed E-state index contributed by atoms with van der Waals surface area (Å²) in [5.74, 6) is -2.21. The van der Waals surface area contributed by atoms with Crippen molar-refractivity contribution < 1.29 is 29.4 Å². The van der Waals surface area contributed by atoms with Crippen molar-refractivity contribution in [3.63, 3.8) is 0 Å². The standard InChI is InChI=1S/C17H23BFNO5/c19-14-7-11-6-10(2-1-4-18(24)25)16(17(22)23)13(11)8-15(14)20-5-3-12(21)9-20/h7-8,10,12,16,21,24-25H,1-6,9H2,(H,22,23). The van der Waals surface area contributed by atoms with Gasteiger partial charge < -0.3 is 25.2 Å². The molecule has 1 aromatic rings. The van der Waals surface area contributed by atoms with E-state index in [1.807, 2.05) is 0 Å². The van der Waals surface area contributed by atoms with Gasteiger partial charge in [-0.1, -0.05) is 6.42 Å². The van der Waals surface area contributed by atoms with E-state index in [-0.39, 0.29) is 18.1 Å². The van der Waals surface area contributed by atoms with Crippen molar-refractivity contribution >= 4 is 18.8 Å². The highest BCUT2D eigenvalue weighted by molar-refractivity contribution is 6.40. The fraction of sp³-hybridized carbons (Fsp3) is 0.588. The summed E-state index contributed by atoms with van der Waals surface area (Å²) < 4.78 is 14.5. The van der Waals surface area contributed by atoms with Gasteiger partial charge >= 0.3 is 13.1 Å². The number of hydrogen-bond acceptors (Lipinski definition) is 5. The highest BCUT2D eigenvalue weighted by atomic mass is 19.1. The molecule has 0 radical (unpaired) electrons. The van der Waals surface area contributed by atoms with E-state index in [4.69, 9.17) is 10.0 Å². The van der Waals surface area contributed by atoms with Gasteiger partial charge in [-0.05, 0) is 54.8 Å². The van der Waals surface area contributed by atoms with E-state index in [2.05, 4.69) is 0 Å². The number of aliphatic hydroxyl groups is 1. The van der Waals surface area contributed by atoms with Gasteiger partial charge in [-0.2, -0.15) is 0 Å². The first kappa shape index (κ1) is 18.2. The van der Waals surface area contributed by atoms with E-state index in [0.717, 1.165) is 0 Å². The first-order valence-corrected chi connectivity index (χ1v) is 8.71. The molecular weight excluding hydrogens is 328 g/mol. The summed E-state index contributed by atoms with van der Waals surface area (Å²) in [6, 6.07) is 3.05. The minimum absolute atomic E-state index is 0.176. The lowest BCUT2D eigenvalue weighted by atomic mass is 9.80. The van der Waals surface area contributed by atoms with Gasteiger partial charge in [-0.15, -0.1) is 0 Å². The van der Waals surface area contributed by atoms with Gasteiger partial charge in [0.05, 0.1) is 17.7 Å². The summed E-state index contributed by atoms with van der Waals surface area (Å²) >= 11 is 0. The van der Waals surface area contributed by atoms with Crippen LogP contribution in [0.5, 0.6) is 0 Å². The zero-order chi connectivity index (χ0) is 18.1. The molecule has 0 bridgehead atoms. The molecule has 4 N–H and O–H groups in total. The Bertz CT molecular complexity index is 656. The lowest BCUT2D eigenvalue weighted by Crippen LogP contribution is -2.23. The van der Waals surface area contributed by atoms with Gasteiger partial charge in [0.15, 0.2) is 0 Å². The topological polar surface area (TPSA) is 101 Å². The fourth-order valence-corrected chi connectivity index (χ4v) is 4.11. The summed E-state index contributed by atoms with van der Waals surface area (Å²) in [5, 5.41) is 37.2. The number of β-amino-alcohol motifs (C(OH)–C–C–N with tert-alkyl or cyclic N) is 1. The van der Waals surface area contributed by atoms with Crippen molar-refractivity contribution in [2.45, 2.75) is 44.0 Å². The Morgan fingerprint density at radius 2 is 2.12 bits per heavy atom. The third-order valence-electron chi connectivity index (χ3n) is 5.30. The Kier molecular flexibility index (Phi) is 5.31. The summed E-state index contributed by atoms with van der Waals surface area (Å²) in [6.07, 6.45) is 1.82. The monoisotopic (exact) mass is 351 g/mol. The number of nitrogens with zero attached hydrogens (tertiary/aromatic N) is 1. The number of fused-ring (bicyclic) bond motifs is 1. The molecule has 0 spiro atoms. The fourth-order valence-electron chi connectivity index (χ4n) is 4.11. The maximum absolute atomic E-state index is 14.5. The minimum Gasteiger partial charge on any atom is -0.481 e. The number of aliphatic hydroxyl groups excluding tert-OH is 1. The van der Waals surface area contributed by atoms with Crippen molar-refractivity contribution in [2.24, 2.45) is 5.92 Å². The number of carboxylic acids is 1. The first-order chi connectivity index (χ1) is 11.9. The minimum atomic E-state index is -1.39. The number of anilines is 1. The lowest BCUT2D eigenvalue weighted by Gasteiger charge is -2.21. The summed E-state index contributed by atoms with van der Waals surface area (Å²) in [7, 11) is -1.39. The third-order valence-corrected chi connectivity index (χ3v) is 5.30. The Labute approximate surface area is 146 Å². The van der Waals surface area contributed by atoms with Crippen LogP contribution in [0.3, 0.4) is 0 Å². The molecule has 0 amide bonds. The molecule has 1 heterocycles. The van der Waals surface area contributed by atoms with Gasteiger partial charge in [0.25, 0.3) is 0 Å². The summed E-state index contributed by atoms with van der Waals surface area (Å²) in [4.78, 5) is 13.6. The number of rotatable bonds is 6. The van der Waals surface area contributed by atoms with Crippen molar-refractivity contribution in [3.8, 4) is 0 Å². The molecule has 3 unspecified atom stereocenters. The van der Waals surface area contributed by atoms with Gasteiger partial charge in [-0.3, -0.25) is 4.79 Å². The van der Waals surface area contributed by atoms with Crippen LogP contribution >= 0.6 is 0 Å². The van der Waals surface area contributed by atoms with E-state index in [9.17, 15) is 19.4 Å². The molecule has 6 nitrogen and oxygen atoms in total. The maximum Gasteiger partial charge on any atom is 0.451 e. The first-order valence-electron chi connectivity index (χ1n) is 8.71. The smallest absolute Gasteiger partial charge is 0.451 e. The van der Waals surface area contributed by atoms with Crippen LogP contribution in [0.25, 0.3) is 0 Å². The predicted molar refractivity (Wildman–Crippen MR) is 91.0 cm³/mol. The maximum atomic E-state index is 14.5. The Morgan fingerprint density at radius 3 is 2.72 bits per heavy atom. The van der Waals surface area contributed by atoms with Crippen LogP contribution < -0.4 is 4.90 Å². The molecule has 0 aromatic heterocycles. The quantitative estimate of drug-likeness (QED) is 0.571. The predicted octanol–water partition coefficient (Wildman–Crippen LogP) is 0.990. The van der Waals surface area contributed by atoms with Crippen LogP contribution in [-0.4, -0.2) is 52.5 Å². The van der Waals surface area contributed by atoms with Crippen molar-refractivity contribution in [2.75, 3.05) is 18.0 Å². The summed E-state index contributed by atoms with van der Waals surface area (Å²) in [6.45, 7) is 0.900. The molecule has 1 saturated heterocycles. The van der Waals surface area contributed by atoms with Crippen LogP contribution in [0.15, 0.2) is 12.1 Å². The molecule has 136 valence electrons. The molecule has 8 heteroatoms. The molecule has 1 fully saturated rings. The second-order valence-corrected chi connectivity index (χ2v) is 7.08. The molecule has 3 rings (SSSR count). The zero-order valence-corrected chi connectivity index (χ0v) is 13.9. The Morgan fingerprint density at radius 1 is 1.36 bits per heavy atom. The van der Waals surface area contributed by atoms with Crippen LogP contribution in [0.1, 0.15) is 36.3 Å². The molecule has 1 aliphatic heterocycles. The molecule has 2 aliphatic rings. The highest BCUT2D eigenvalue weighted by Gasteiger charge is 2.38. The molecular formula is C17H23BFNO5. The van der Waals surface area contributed by atoms with Crippen molar-refractivity contribution in [3.05, 3.63) is 29.1 Å². The average Bonchev–Trinajstić information content (AvgIpc) is 3.09. The van der Waals surface area contributed by atoms with E-state index in [0.29, 0.717) is 55.6 Å². The molecule has 25 heavy (non-hydrogen) atoms. The highest BCUT2D eigenvalue weighted by Crippen LogP contribution is 2.43. The van der Waals surface area contributed by atoms with Crippen LogP contribution in [0.2, 0.25) is 6.32 Å². The number of hydrogen-bond donors (Lipinski definition) is 4. The van der Waals surface area contributed by atoms with Gasteiger partial charge in [-0.25, -0.2) is 4.39 Å². The van der Waals surface area contributed by atoms with E-state index < -0.39 is 25.1 Å². The van der Waals surface area contributed by atoms with Crippen molar-refractivity contribution in [1.82, 2.24) is 0 Å². The van der Waals surface area contributed by atoms with E-state index >= 15 is 0 Å². The van der Waals surface area contributed by atoms with Crippen LogP contribution in [0, 0.1) is 11.7 Å². The van der Waals surface area contributed by atoms with E-state index in [1.54, 1.807) is 11.0 Å². The van der Waals surface area contributed by atoms with Gasteiger partial charge in [0, 0.05) is 13.1 Å². The number of benzene rings is 1. The van der Waals surface area contributed by atoms with Crippen LogP contribution in [0.4, 0.5) is 10.1 Å². The number of aliphatic carboxylic acids is 1. The van der Waals surface area contributed by atoms with Crippen molar-refractivity contribution in [1.29, 1.82) is 0 Å². The normalized spacial score (nSPS) is 25.3. The zero-order valence-electron chi connectivity index (χ0n) is 13.9. The molecule has 1 aliphatic carbocycles. The second kappa shape index (κ2) is 7.31. The molecule has 1 aromatic carbocycles. The molecule has 3 atom stereocenters. The van der Waals surface area contributed by atoms with E-state index in [1.165, 1.54) is 6.07 Å². The number of carboxylic acid groups (broad SMARTS) is 1. The largest absolute Gasteiger partial charge is 0.481 e. The van der Waals surface area contributed by atoms with Gasteiger partial charge in [0.2, 0.25) is 0 Å². The average molecular weight is 351 g/mol. The lowest BCUT2D eigenvalue weighted by molar-refractivity contribution is -0.139. The number of carbonyl (C=O) groups is 1. The SMILES string of the molecule is O=C(O)C1c2cc(N3CCC(O)C3)c(F)cc2CC1CCCB(O)O. The Balaban J connectivity index is 1.83. The third kappa shape index (κ3) is 3.81. The van der Waals surface area contributed by atoms with Crippen LogP contribution in [-0.2, 0) is 11.2 Å². The van der Waals surface area contributed by atoms with Gasteiger partial charge in [0.1, 0.15) is 5.82 Å². The number of halogens is 1. The second-order valence-electron chi connectivity index (χ2n) is 7.08.